The zero-order valence-corrected chi connectivity index (χ0v) is 47.5. The number of aliphatic hydroxyl groups is 2. The molecule has 3 aliphatic rings. The first-order chi connectivity index (χ1) is 40.5. The van der Waals surface area contributed by atoms with Gasteiger partial charge in [-0.25, -0.2) is 4.79 Å². The number of likely N-dealkylation sites (tertiary alicyclic amines) is 2. The first kappa shape index (κ1) is 66.9. The Hall–Kier alpha value is -8.89. The molecule has 0 saturated carbocycles. The van der Waals surface area contributed by atoms with Gasteiger partial charge in [-0.1, -0.05) is 18.2 Å². The predicted octanol–water partition coefficient (Wildman–Crippen LogP) is -7.23. The number of anilines is 1. The third kappa shape index (κ3) is 20.5. The Morgan fingerprint density at radius 3 is 1.98 bits per heavy atom. The van der Waals surface area contributed by atoms with Crippen molar-refractivity contribution in [1.29, 1.82) is 0 Å². The maximum atomic E-state index is 14.3. The van der Waals surface area contributed by atoms with E-state index in [-0.39, 0.29) is 113 Å². The molecule has 9 amide bonds. The van der Waals surface area contributed by atoms with Crippen molar-refractivity contribution >= 4 is 94.0 Å². The van der Waals surface area contributed by atoms with Crippen molar-refractivity contribution in [3.8, 4) is 5.75 Å². The second-order valence-corrected chi connectivity index (χ2v) is 21.2. The van der Waals surface area contributed by atoms with Gasteiger partial charge in [0, 0.05) is 50.4 Å². The number of guanidine groups is 3. The lowest BCUT2D eigenvalue weighted by molar-refractivity contribution is -0.148. The van der Waals surface area contributed by atoms with Crippen molar-refractivity contribution in [2.24, 2.45) is 55.1 Å². The molecule has 85 heavy (non-hydrogen) atoms. The van der Waals surface area contributed by atoms with E-state index >= 15 is 0 Å². The molecule has 34 heteroatoms. The molecule has 0 radical (unpaired) electrons. The van der Waals surface area contributed by atoms with E-state index in [1.54, 1.807) is 29.6 Å². The number of fused-ring (bicyclic) bond motifs is 1. The second kappa shape index (κ2) is 32.8. The number of aliphatic hydroxyl groups excluding tert-OH is 2. The van der Waals surface area contributed by atoms with Crippen LogP contribution < -0.4 is 81.7 Å². The molecule has 2 unspecified atom stereocenters. The van der Waals surface area contributed by atoms with Gasteiger partial charge in [0.05, 0.1) is 31.0 Å². The highest BCUT2D eigenvalue weighted by Gasteiger charge is 2.46. The number of carboxylic acid groups (broad SMARTS) is 1. The molecule has 0 bridgehead atoms. The van der Waals surface area contributed by atoms with Crippen LogP contribution in [0.1, 0.15) is 62.7 Å². The van der Waals surface area contributed by atoms with Crippen LogP contribution >= 0.6 is 11.3 Å². The summed E-state index contributed by atoms with van der Waals surface area (Å²) in [6, 6.07) is -1.20. The number of β-amino-alcohol motifs (C(OH)–C–C–N with tert-alkyl or cyclic N) is 1. The van der Waals surface area contributed by atoms with Crippen LogP contribution in [-0.4, -0.2) is 216 Å². The molecule has 3 aliphatic heterocycles. The summed E-state index contributed by atoms with van der Waals surface area (Å²) in [7, 11) is 0. The van der Waals surface area contributed by atoms with E-state index in [0.717, 1.165) is 9.80 Å². The average molecular weight is 1210 g/mol. The lowest BCUT2D eigenvalue weighted by Crippen LogP contribution is -2.60. The molecule has 33 nitrogen and oxygen atoms in total. The molecule has 9 atom stereocenters. The van der Waals surface area contributed by atoms with Crippen LogP contribution in [0.4, 0.5) is 5.69 Å². The molecule has 466 valence electrons. The SMILES string of the molecule is NC(N)=NCCC[C@@H](N)C(=O)N[C@@H](CCCN=C(N)N)C(=O)N1CCC[C@H]1C(=O)N1CC(O)C[C@H]1C(=O)NCC(=O)N[C@@H](Cc1cccs1)C(=O)N[C@@H](CO)C(=O)NC1COc2ccccc2N(CC(=O)N[C@H](CCCN=C(N)N)C(=O)O)C1=O. The van der Waals surface area contributed by atoms with Gasteiger partial charge in [-0.3, -0.25) is 63.0 Å². The van der Waals surface area contributed by atoms with Gasteiger partial charge < -0.3 is 102 Å². The molecular weight excluding hydrogens is 1130 g/mol. The van der Waals surface area contributed by atoms with Gasteiger partial charge >= 0.3 is 5.97 Å². The van der Waals surface area contributed by atoms with Gasteiger partial charge in [-0.05, 0) is 74.9 Å². The zero-order valence-electron chi connectivity index (χ0n) is 46.6. The normalized spacial score (nSPS) is 19.0. The predicted molar refractivity (Wildman–Crippen MR) is 308 cm³/mol. The first-order valence-electron chi connectivity index (χ1n) is 27.3. The highest BCUT2D eigenvalue weighted by atomic mass is 32.1. The number of benzene rings is 1. The van der Waals surface area contributed by atoms with Crippen LogP contribution in [0, 0.1) is 0 Å². The molecule has 0 aliphatic carbocycles. The molecular formula is C51H77N19O14S. The van der Waals surface area contributed by atoms with Gasteiger partial charge in [0.15, 0.2) is 17.9 Å². The van der Waals surface area contributed by atoms with Crippen molar-refractivity contribution in [3.63, 3.8) is 0 Å². The summed E-state index contributed by atoms with van der Waals surface area (Å²) in [6.07, 6.45) is 0.0392. The number of hydrogen-bond acceptors (Lipinski definition) is 18. The topological polar surface area (TPSA) is 542 Å². The Labute approximate surface area is 492 Å². The van der Waals surface area contributed by atoms with Crippen molar-refractivity contribution < 1.29 is 68.0 Å². The minimum absolute atomic E-state index is 0.0584. The fraction of sp³-hybridized carbons (Fsp3) is 0.549. The van der Waals surface area contributed by atoms with Crippen LogP contribution in [0.2, 0.25) is 0 Å². The Morgan fingerprint density at radius 2 is 1.35 bits per heavy atom. The summed E-state index contributed by atoms with van der Waals surface area (Å²) in [6.45, 7) is -2.68. The Morgan fingerprint density at radius 1 is 0.729 bits per heavy atom. The van der Waals surface area contributed by atoms with Crippen molar-refractivity contribution in [3.05, 3.63) is 46.7 Å². The number of rotatable bonds is 31. The van der Waals surface area contributed by atoms with E-state index in [9.17, 15) is 63.3 Å². The van der Waals surface area contributed by atoms with Crippen molar-refractivity contribution in [2.45, 2.75) is 119 Å². The summed E-state index contributed by atoms with van der Waals surface area (Å²) in [5.41, 5.74) is 38.6. The number of ether oxygens (including phenoxy) is 1. The molecule has 2 saturated heterocycles. The number of aliphatic imine (C=N–C) groups is 3. The summed E-state index contributed by atoms with van der Waals surface area (Å²) >= 11 is 1.24. The maximum Gasteiger partial charge on any atom is 0.326 e. The van der Waals surface area contributed by atoms with E-state index in [2.05, 4.69) is 46.9 Å². The number of amides is 9. The Balaban J connectivity index is 1.22. The Bertz CT molecular complexity index is 2780. The van der Waals surface area contributed by atoms with Crippen LogP contribution in [0.5, 0.6) is 5.75 Å². The summed E-state index contributed by atoms with van der Waals surface area (Å²) in [5.74, 6) is -9.14. The van der Waals surface area contributed by atoms with Gasteiger partial charge in [-0.15, -0.1) is 11.3 Å². The van der Waals surface area contributed by atoms with Crippen LogP contribution in [0.3, 0.4) is 0 Å². The highest BCUT2D eigenvalue weighted by Crippen LogP contribution is 2.31. The minimum Gasteiger partial charge on any atom is -0.489 e. The van der Waals surface area contributed by atoms with E-state index < -0.39 is 140 Å². The fourth-order valence-electron chi connectivity index (χ4n) is 9.55. The molecule has 4 heterocycles. The number of aliphatic carboxylic acids is 1. The van der Waals surface area contributed by atoms with Gasteiger partial charge in [0.2, 0.25) is 47.3 Å². The number of hydrogen-bond donors (Lipinski definition) is 16. The maximum absolute atomic E-state index is 14.3. The molecule has 1 aromatic carbocycles. The number of para-hydroxylation sites is 2. The highest BCUT2D eigenvalue weighted by molar-refractivity contribution is 7.09. The number of carboxylic acids is 1. The van der Waals surface area contributed by atoms with E-state index in [0.29, 0.717) is 17.7 Å². The number of nitrogens with one attached hydrogen (secondary N) is 6. The zero-order chi connectivity index (χ0) is 62.3. The van der Waals surface area contributed by atoms with E-state index in [4.69, 9.17) is 44.9 Å². The van der Waals surface area contributed by atoms with E-state index in [1.807, 2.05) is 0 Å². The van der Waals surface area contributed by atoms with Gasteiger partial charge in [0.1, 0.15) is 61.2 Å². The second-order valence-electron chi connectivity index (χ2n) is 20.2. The lowest BCUT2D eigenvalue weighted by atomic mass is 10.1. The summed E-state index contributed by atoms with van der Waals surface area (Å²) < 4.78 is 5.83. The Kier molecular flexibility index (Phi) is 25.8. The molecule has 0 spiro atoms. The molecule has 1 aromatic heterocycles. The number of thiophene rings is 1. The molecule has 2 aromatic rings. The fourth-order valence-corrected chi connectivity index (χ4v) is 10.3. The smallest absolute Gasteiger partial charge is 0.326 e. The summed E-state index contributed by atoms with van der Waals surface area (Å²) in [4.78, 5) is 152. The molecule has 2 fully saturated rings. The number of carbonyl (C=O) groups excluding carboxylic acids is 9. The molecule has 5 rings (SSSR count). The van der Waals surface area contributed by atoms with Crippen LogP contribution in [0.25, 0.3) is 0 Å². The average Bonchev–Trinajstić information content (AvgIpc) is 2.96. The minimum atomic E-state index is -1.73. The van der Waals surface area contributed by atoms with Crippen molar-refractivity contribution in [1.82, 2.24) is 41.7 Å². The monoisotopic (exact) mass is 1210 g/mol. The van der Waals surface area contributed by atoms with Crippen LogP contribution in [-0.2, 0) is 54.4 Å². The number of nitrogens with two attached hydrogens (primary N) is 7. The number of nitrogens with zero attached hydrogens (tertiary/aromatic N) is 6. The van der Waals surface area contributed by atoms with Crippen molar-refractivity contribution in [2.75, 3.05) is 63.9 Å². The number of carbonyl (C=O) groups is 10. The first-order valence-corrected chi connectivity index (χ1v) is 28.2. The third-order valence-corrected chi connectivity index (χ3v) is 14.6. The van der Waals surface area contributed by atoms with E-state index in [1.165, 1.54) is 28.4 Å². The third-order valence-electron chi connectivity index (χ3n) is 13.7. The standard InChI is InChI=1S/C51H77N19O14S/c52-29(9-3-15-59-49(53)54)41(75)65-30(10-4-16-60-50(55)56)45(79)68-18-6-13-36(68)47(81)69-23-27(72)20-37(69)44(78)62-22-39(73)64-32(21-28-8-7-19-85-28)42(76)66-33(25-71)43(77)67-34-26-84-38-14-2-1-12-35(38)70(46(34)80)24-40(74)63-31(48(82)83)11-5-17-61-51(57)58/h1-2,7-8,12,14,19,27,29-34,36-37,71-72H,3-6,9-11,13,15-18,20-26,52H2,(H,62,78)(H,63,74)(H,64,73)(H,65,75)(H,66,76)(H,67,77)(H,82,83)(H4,53,54,59)(H4,55,56,60)(H4,57,58,61)/t27?,29-,30+,31-,32+,33+,34?,36+,37+/m1/s1. The van der Waals surface area contributed by atoms with Gasteiger partial charge in [0.25, 0.3) is 5.91 Å². The lowest BCUT2D eigenvalue weighted by Gasteiger charge is -2.33. The summed E-state index contributed by atoms with van der Waals surface area (Å²) in [5, 5.41) is 47.6. The largest absolute Gasteiger partial charge is 0.489 e. The van der Waals surface area contributed by atoms with Crippen LogP contribution in [0.15, 0.2) is 56.8 Å². The quantitative estimate of drug-likeness (QED) is 0.0189. The van der Waals surface area contributed by atoms with Gasteiger partial charge in [-0.2, -0.15) is 0 Å². The molecule has 23 N–H and O–H groups in total.